The van der Waals surface area contributed by atoms with Crippen molar-refractivity contribution in [1.29, 1.82) is 0 Å². The molecule has 1 fully saturated rings. The standard InChI is InChI=1S/C28H23FN4O3S/c1-4-16-5-6-20-24(7-16)32-28-26(20)27(34)23-9-21(15(2)3)22(10-25(23)33(28)18-12-31-13-18)17-8-19(14-30-11-17)37(29,35)36/h1,5-11,14-15,18,31-32H,12-13H2,2-3H3. The van der Waals surface area contributed by atoms with Crippen molar-refractivity contribution in [3.05, 3.63) is 70.1 Å². The molecule has 0 atom stereocenters. The maximum absolute atomic E-state index is 14.0. The predicted molar refractivity (Wildman–Crippen MR) is 143 cm³/mol. The quantitative estimate of drug-likeness (QED) is 0.270. The van der Waals surface area contributed by atoms with E-state index in [9.17, 15) is 17.1 Å². The van der Waals surface area contributed by atoms with Gasteiger partial charge in [0.2, 0.25) is 0 Å². The summed E-state index contributed by atoms with van der Waals surface area (Å²) >= 11 is 0. The lowest BCUT2D eigenvalue weighted by atomic mass is 9.90. The Balaban J connectivity index is 1.76. The Morgan fingerprint density at radius 2 is 1.92 bits per heavy atom. The maximum Gasteiger partial charge on any atom is 0.333 e. The average molecular weight is 515 g/mol. The Hall–Kier alpha value is -4.00. The largest absolute Gasteiger partial charge is 0.340 e. The van der Waals surface area contributed by atoms with E-state index in [4.69, 9.17) is 6.42 Å². The minimum atomic E-state index is -4.93. The third kappa shape index (κ3) is 3.64. The first-order valence-corrected chi connectivity index (χ1v) is 13.3. The lowest BCUT2D eigenvalue weighted by Gasteiger charge is -2.32. The number of rotatable bonds is 4. The molecule has 1 saturated heterocycles. The van der Waals surface area contributed by atoms with E-state index in [1.165, 1.54) is 12.3 Å². The number of terminal acetylenes is 1. The predicted octanol–water partition coefficient (Wildman–Crippen LogP) is 4.61. The van der Waals surface area contributed by atoms with E-state index < -0.39 is 15.1 Å². The number of aromatic amines is 1. The fourth-order valence-corrected chi connectivity index (χ4v) is 5.64. The molecule has 2 N–H and O–H groups in total. The summed E-state index contributed by atoms with van der Waals surface area (Å²) in [6.07, 6.45) is 8.11. The maximum atomic E-state index is 14.0. The van der Waals surface area contributed by atoms with Crippen LogP contribution in [0.2, 0.25) is 0 Å². The molecule has 0 bridgehead atoms. The highest BCUT2D eigenvalue weighted by molar-refractivity contribution is 7.86. The number of nitrogens with zero attached hydrogens (tertiary/aromatic N) is 2. The first-order chi connectivity index (χ1) is 17.7. The number of H-pyrrole nitrogens is 1. The Morgan fingerprint density at radius 1 is 1.14 bits per heavy atom. The Bertz CT molecular complexity index is 1960. The Morgan fingerprint density at radius 3 is 2.57 bits per heavy atom. The number of benzene rings is 2. The summed E-state index contributed by atoms with van der Waals surface area (Å²) < 4.78 is 39.1. The van der Waals surface area contributed by atoms with Crippen molar-refractivity contribution in [3.63, 3.8) is 0 Å². The molecule has 0 saturated carbocycles. The van der Waals surface area contributed by atoms with Crippen LogP contribution >= 0.6 is 0 Å². The van der Waals surface area contributed by atoms with Gasteiger partial charge in [-0.3, -0.25) is 9.78 Å². The number of fused-ring (bicyclic) bond motifs is 4. The second-order valence-corrected chi connectivity index (χ2v) is 11.1. The van der Waals surface area contributed by atoms with Gasteiger partial charge in [-0.05, 0) is 47.4 Å². The fraction of sp³-hybridized carbons (Fsp3) is 0.214. The third-order valence-electron chi connectivity index (χ3n) is 7.14. The van der Waals surface area contributed by atoms with E-state index in [0.717, 1.165) is 35.8 Å². The number of halogens is 1. The molecule has 1 aliphatic heterocycles. The minimum Gasteiger partial charge on any atom is -0.340 e. The van der Waals surface area contributed by atoms with E-state index in [2.05, 4.69) is 25.8 Å². The van der Waals surface area contributed by atoms with Gasteiger partial charge in [0.15, 0.2) is 5.43 Å². The normalized spacial score (nSPS) is 14.5. The molecule has 0 radical (unpaired) electrons. The van der Waals surface area contributed by atoms with Gasteiger partial charge in [0.1, 0.15) is 10.5 Å². The number of hydrogen-bond donors (Lipinski definition) is 2. The van der Waals surface area contributed by atoms with E-state index >= 15 is 0 Å². The molecule has 7 nitrogen and oxygen atoms in total. The molecular formula is C28H23FN4O3S. The van der Waals surface area contributed by atoms with Crippen LogP contribution in [-0.2, 0) is 10.2 Å². The van der Waals surface area contributed by atoms with Gasteiger partial charge in [-0.25, -0.2) is 0 Å². The zero-order chi connectivity index (χ0) is 26.1. The Kier molecular flexibility index (Phi) is 5.23. The second-order valence-electron chi connectivity index (χ2n) is 9.72. The first-order valence-electron chi connectivity index (χ1n) is 11.9. The number of nitrogens with one attached hydrogen (secondary N) is 2. The lowest BCUT2D eigenvalue weighted by molar-refractivity contribution is 0.357. The van der Waals surface area contributed by atoms with Crippen LogP contribution in [0.3, 0.4) is 0 Å². The van der Waals surface area contributed by atoms with Gasteiger partial charge in [-0.1, -0.05) is 25.8 Å². The minimum absolute atomic E-state index is 0.000104. The smallest absolute Gasteiger partial charge is 0.333 e. The second kappa shape index (κ2) is 8.26. The van der Waals surface area contributed by atoms with Gasteiger partial charge in [-0.2, -0.15) is 8.42 Å². The third-order valence-corrected chi connectivity index (χ3v) is 7.92. The molecule has 4 heterocycles. The molecule has 6 rings (SSSR count). The van der Waals surface area contributed by atoms with Crippen LogP contribution in [0, 0.1) is 12.3 Å². The summed E-state index contributed by atoms with van der Waals surface area (Å²) in [4.78, 5) is 20.9. The monoisotopic (exact) mass is 514 g/mol. The van der Waals surface area contributed by atoms with Crippen molar-refractivity contribution < 1.29 is 12.3 Å². The molecule has 37 heavy (non-hydrogen) atoms. The molecule has 0 unspecified atom stereocenters. The van der Waals surface area contributed by atoms with Crippen LogP contribution < -0.4 is 10.7 Å². The molecule has 9 heteroatoms. The summed E-state index contributed by atoms with van der Waals surface area (Å²) in [7, 11) is -4.93. The van der Waals surface area contributed by atoms with E-state index in [1.807, 2.05) is 44.2 Å². The highest BCUT2D eigenvalue weighted by atomic mass is 32.3. The summed E-state index contributed by atoms with van der Waals surface area (Å²) in [5.41, 5.74) is 4.82. The Labute approximate surface area is 212 Å². The van der Waals surface area contributed by atoms with Crippen molar-refractivity contribution in [2.24, 2.45) is 0 Å². The molecular weight excluding hydrogens is 491 g/mol. The molecule has 5 aromatic rings. The molecule has 0 spiro atoms. The fourth-order valence-electron chi connectivity index (χ4n) is 5.19. The van der Waals surface area contributed by atoms with E-state index in [1.54, 1.807) is 0 Å². The van der Waals surface area contributed by atoms with Crippen LogP contribution in [0.25, 0.3) is 44.0 Å². The molecule has 2 aromatic carbocycles. The van der Waals surface area contributed by atoms with Crippen LogP contribution in [0.4, 0.5) is 3.89 Å². The van der Waals surface area contributed by atoms with Crippen LogP contribution in [0.1, 0.15) is 36.9 Å². The highest BCUT2D eigenvalue weighted by Gasteiger charge is 2.27. The van der Waals surface area contributed by atoms with Crippen molar-refractivity contribution >= 4 is 43.1 Å². The van der Waals surface area contributed by atoms with Gasteiger partial charge in [0, 0.05) is 52.9 Å². The van der Waals surface area contributed by atoms with Crippen LogP contribution in [0.15, 0.2) is 58.5 Å². The zero-order valence-corrected chi connectivity index (χ0v) is 21.0. The number of hydrogen-bond acceptors (Lipinski definition) is 5. The van der Waals surface area contributed by atoms with Gasteiger partial charge < -0.3 is 14.9 Å². The molecule has 186 valence electrons. The summed E-state index contributed by atoms with van der Waals surface area (Å²) in [6, 6.07) is 10.7. The van der Waals surface area contributed by atoms with Crippen molar-refractivity contribution in [1.82, 2.24) is 19.9 Å². The van der Waals surface area contributed by atoms with Gasteiger partial charge in [0.05, 0.1) is 16.9 Å². The summed E-state index contributed by atoms with van der Waals surface area (Å²) in [5, 5.41) is 5.28. The van der Waals surface area contributed by atoms with E-state index in [0.29, 0.717) is 38.6 Å². The number of pyridine rings is 2. The first kappa shape index (κ1) is 23.4. The van der Waals surface area contributed by atoms with Gasteiger partial charge in [0.25, 0.3) is 0 Å². The lowest BCUT2D eigenvalue weighted by Crippen LogP contribution is -2.44. The molecule has 0 aliphatic carbocycles. The van der Waals surface area contributed by atoms with Gasteiger partial charge >= 0.3 is 10.2 Å². The average Bonchev–Trinajstić information content (AvgIpc) is 3.22. The topological polar surface area (TPSA) is 96.8 Å². The SMILES string of the molecule is C#Cc1ccc2c(c1)[nH]c1c2c(=O)c2cc(C(C)C)c(-c3cncc(S(=O)(=O)F)c3)cc2n1C1CNC1. The zero-order valence-electron chi connectivity index (χ0n) is 20.2. The highest BCUT2D eigenvalue weighted by Crippen LogP contribution is 2.37. The summed E-state index contributed by atoms with van der Waals surface area (Å²) in [6.45, 7) is 5.45. The van der Waals surface area contributed by atoms with Crippen molar-refractivity contribution in [2.75, 3.05) is 13.1 Å². The van der Waals surface area contributed by atoms with Crippen LogP contribution in [0.5, 0.6) is 0 Å². The van der Waals surface area contributed by atoms with Crippen LogP contribution in [-0.4, -0.2) is 36.0 Å². The van der Waals surface area contributed by atoms with Crippen molar-refractivity contribution in [3.8, 4) is 23.5 Å². The number of aromatic nitrogens is 3. The van der Waals surface area contributed by atoms with Crippen molar-refractivity contribution in [2.45, 2.75) is 30.7 Å². The van der Waals surface area contributed by atoms with E-state index in [-0.39, 0.29) is 17.4 Å². The molecule has 3 aromatic heterocycles. The summed E-state index contributed by atoms with van der Waals surface area (Å²) in [5.74, 6) is 2.64. The van der Waals surface area contributed by atoms with Gasteiger partial charge in [-0.15, -0.1) is 10.3 Å². The molecule has 1 aliphatic rings. The molecule has 0 amide bonds.